The second-order valence-corrected chi connectivity index (χ2v) is 17.0. The summed E-state index contributed by atoms with van der Waals surface area (Å²) >= 11 is 0.918. The largest absolute Gasteiger partial charge is 0.431 e. The minimum atomic E-state index is -2.46. The first kappa shape index (κ1) is 38.4. The zero-order valence-corrected chi connectivity index (χ0v) is 31.9. The third-order valence-electron chi connectivity index (χ3n) is 10.3. The molecule has 57 heavy (non-hydrogen) atoms. The fourth-order valence-electron chi connectivity index (χ4n) is 7.40. The van der Waals surface area contributed by atoms with Crippen LogP contribution in [0.2, 0.25) is 0 Å². The molecule has 0 spiro atoms. The van der Waals surface area contributed by atoms with Crippen LogP contribution in [-0.4, -0.2) is 11.5 Å². The molecule has 7 aromatic rings. The van der Waals surface area contributed by atoms with Gasteiger partial charge >= 0.3 is 6.98 Å². The van der Waals surface area contributed by atoms with Crippen molar-refractivity contribution in [2.75, 3.05) is 9.62 Å². The lowest BCUT2D eigenvalue weighted by Crippen LogP contribution is -2.53. The Morgan fingerprint density at radius 2 is 0.825 bits per heavy atom. The van der Waals surface area contributed by atoms with Gasteiger partial charge in [0.15, 0.2) is 46.5 Å². The quantitative estimate of drug-likeness (QED) is 0.0759. The normalized spacial score (nSPS) is 13.5. The number of nitrogens with zero attached hydrogens (tertiary/aromatic N) is 3. The van der Waals surface area contributed by atoms with E-state index in [1.807, 2.05) is 28.8 Å². The van der Waals surface area contributed by atoms with E-state index in [2.05, 4.69) is 53.7 Å². The van der Waals surface area contributed by atoms with E-state index >= 15 is 17.6 Å². The first-order valence-electron chi connectivity index (χ1n) is 17.6. The molecular formula is C42H30BF10N3S. The molecule has 0 bridgehead atoms. The topological polar surface area (TPSA) is 11.4 Å². The molecule has 0 fully saturated rings. The summed E-state index contributed by atoms with van der Waals surface area (Å²) in [7, 11) is 0. The van der Waals surface area contributed by atoms with Gasteiger partial charge in [-0.2, -0.15) is 0 Å². The number of fused-ring (bicyclic) bond motifs is 4. The Kier molecular flexibility index (Phi) is 8.80. The number of para-hydroxylation sites is 2. The maximum absolute atomic E-state index is 15.8. The van der Waals surface area contributed by atoms with Gasteiger partial charge in [-0.15, -0.1) is 11.3 Å². The molecule has 15 heteroatoms. The average molecular weight is 810 g/mol. The van der Waals surface area contributed by atoms with E-state index in [-0.39, 0.29) is 27.0 Å². The highest BCUT2D eigenvalue weighted by molar-refractivity contribution is 7.26. The number of anilines is 4. The molecule has 2 aromatic heterocycles. The molecular weight excluding hydrogens is 779 g/mol. The lowest BCUT2D eigenvalue weighted by Gasteiger charge is -2.30. The van der Waals surface area contributed by atoms with Gasteiger partial charge < -0.3 is 14.2 Å². The Balaban J connectivity index is 1.43. The van der Waals surface area contributed by atoms with Crippen LogP contribution < -0.4 is 14.4 Å². The van der Waals surface area contributed by atoms with Crippen molar-refractivity contribution in [3.05, 3.63) is 142 Å². The van der Waals surface area contributed by atoms with E-state index in [0.29, 0.717) is 14.6 Å². The molecule has 3 nitrogen and oxygen atoms in total. The molecule has 1 aliphatic heterocycles. The summed E-state index contributed by atoms with van der Waals surface area (Å²) in [5.74, 6) is -23.3. The van der Waals surface area contributed by atoms with Gasteiger partial charge in [0.05, 0.1) is 27.4 Å². The predicted octanol–water partition coefficient (Wildman–Crippen LogP) is 12.5. The summed E-state index contributed by atoms with van der Waals surface area (Å²) in [5.41, 5.74) is -0.613. The smallest absolute Gasteiger partial charge is 0.354 e. The summed E-state index contributed by atoms with van der Waals surface area (Å²) in [6.07, 6.45) is 0. The van der Waals surface area contributed by atoms with Gasteiger partial charge in [0, 0.05) is 15.5 Å². The SMILES string of the molecule is CC(C)(C)c1ccc2c(c1)c1cc(C(C)(C)C)ccc1n2-c1ccc(B2N(c3c(F)c(F)c(F)c(F)c3F)c3ccccc3N2c2c(F)c(F)c(F)c(F)c2F)s1. The van der Waals surface area contributed by atoms with Crippen molar-refractivity contribution in [2.45, 2.75) is 52.4 Å². The Bertz CT molecular complexity index is 2590. The zero-order valence-electron chi connectivity index (χ0n) is 31.0. The molecule has 0 atom stereocenters. The zero-order chi connectivity index (χ0) is 41.2. The molecule has 0 unspecified atom stereocenters. The second-order valence-electron chi connectivity index (χ2n) is 15.9. The molecule has 0 saturated heterocycles. The Labute approximate surface area is 324 Å². The van der Waals surface area contributed by atoms with Crippen molar-refractivity contribution in [1.82, 2.24) is 4.57 Å². The molecule has 5 aromatic carbocycles. The number of halogens is 10. The van der Waals surface area contributed by atoms with Gasteiger partial charge in [-0.1, -0.05) is 71.9 Å². The number of hydrogen-bond acceptors (Lipinski definition) is 3. The van der Waals surface area contributed by atoms with Crippen LogP contribution in [0.15, 0.2) is 72.8 Å². The van der Waals surface area contributed by atoms with Crippen LogP contribution in [0.1, 0.15) is 52.7 Å². The third-order valence-corrected chi connectivity index (χ3v) is 11.4. The summed E-state index contributed by atoms with van der Waals surface area (Å²) in [6.45, 7) is 10.5. The van der Waals surface area contributed by atoms with Crippen molar-refractivity contribution >= 4 is 67.7 Å². The van der Waals surface area contributed by atoms with Crippen LogP contribution in [0.3, 0.4) is 0 Å². The van der Waals surface area contributed by atoms with E-state index in [1.54, 1.807) is 6.07 Å². The lowest BCUT2D eigenvalue weighted by molar-refractivity contribution is 0.380. The van der Waals surface area contributed by atoms with Crippen molar-refractivity contribution in [2.24, 2.45) is 0 Å². The van der Waals surface area contributed by atoms with Crippen LogP contribution in [-0.2, 0) is 10.8 Å². The van der Waals surface area contributed by atoms with E-state index in [4.69, 9.17) is 0 Å². The van der Waals surface area contributed by atoms with Crippen LogP contribution in [0, 0.1) is 58.2 Å². The van der Waals surface area contributed by atoms with Crippen LogP contribution >= 0.6 is 11.3 Å². The van der Waals surface area contributed by atoms with Crippen molar-refractivity contribution in [3.8, 4) is 5.00 Å². The summed E-state index contributed by atoms with van der Waals surface area (Å²) in [4.78, 5) is 1.21. The van der Waals surface area contributed by atoms with Crippen molar-refractivity contribution < 1.29 is 43.9 Å². The van der Waals surface area contributed by atoms with Gasteiger partial charge in [-0.05, 0) is 64.4 Å². The number of hydrogen-bond donors (Lipinski definition) is 0. The molecule has 0 N–H and O–H groups in total. The number of rotatable bonds is 4. The molecule has 292 valence electrons. The summed E-state index contributed by atoms with van der Waals surface area (Å²) < 4.78 is 153. The Morgan fingerprint density at radius 1 is 0.456 bits per heavy atom. The highest BCUT2D eigenvalue weighted by atomic mass is 32.1. The standard InChI is InChI=1S/C42H30BF10N3S/c1-41(2,3)19-11-13-23-21(17-19)22-18-20(42(4,5)6)12-14-24(22)54(23)28-16-15-27(57-28)43-55(39-35(50)31(46)29(44)32(47)36(39)51)25-9-7-8-10-26(25)56(43)40-37(52)33(48)30(45)34(49)38(40)53/h7-18H,1-6H3. The summed E-state index contributed by atoms with van der Waals surface area (Å²) in [5, 5.41) is 2.22. The van der Waals surface area contributed by atoms with Gasteiger partial charge in [-0.25, -0.2) is 43.9 Å². The molecule has 1 aliphatic rings. The van der Waals surface area contributed by atoms with Crippen molar-refractivity contribution in [1.29, 1.82) is 0 Å². The highest BCUT2D eigenvalue weighted by Gasteiger charge is 2.50. The highest BCUT2D eigenvalue weighted by Crippen LogP contribution is 2.50. The number of thiophene rings is 1. The Hall–Kier alpha value is -5.44. The maximum atomic E-state index is 15.8. The fourth-order valence-corrected chi connectivity index (χ4v) is 8.51. The first-order chi connectivity index (χ1) is 26.7. The van der Waals surface area contributed by atoms with Gasteiger partial charge in [0.25, 0.3) is 0 Å². The molecule has 0 saturated carbocycles. The van der Waals surface area contributed by atoms with E-state index in [1.165, 1.54) is 18.2 Å². The monoisotopic (exact) mass is 809 g/mol. The fraction of sp³-hybridized carbons (Fsp3) is 0.190. The number of benzene rings is 5. The van der Waals surface area contributed by atoms with E-state index in [9.17, 15) is 26.3 Å². The van der Waals surface area contributed by atoms with Crippen LogP contribution in [0.5, 0.6) is 0 Å². The summed E-state index contributed by atoms with van der Waals surface area (Å²) in [6, 6.07) is 19.9. The van der Waals surface area contributed by atoms with Gasteiger partial charge in [0.2, 0.25) is 11.6 Å². The van der Waals surface area contributed by atoms with Gasteiger partial charge in [-0.3, -0.25) is 0 Å². The molecule has 0 aliphatic carbocycles. The van der Waals surface area contributed by atoms with Crippen LogP contribution in [0.25, 0.3) is 26.8 Å². The molecule has 8 rings (SSSR count). The third kappa shape index (κ3) is 5.71. The van der Waals surface area contributed by atoms with Gasteiger partial charge in [0.1, 0.15) is 11.4 Å². The minimum Gasteiger partial charge on any atom is -0.354 e. The minimum absolute atomic E-state index is 0.0262. The number of aromatic nitrogens is 1. The lowest BCUT2D eigenvalue weighted by atomic mass is 9.70. The molecule has 0 amide bonds. The predicted molar refractivity (Wildman–Crippen MR) is 205 cm³/mol. The average Bonchev–Trinajstić information content (AvgIpc) is 3.86. The van der Waals surface area contributed by atoms with E-state index in [0.717, 1.165) is 56.4 Å². The maximum Gasteiger partial charge on any atom is 0.431 e. The molecule has 0 radical (unpaired) electrons. The first-order valence-corrected chi connectivity index (χ1v) is 18.4. The van der Waals surface area contributed by atoms with Crippen LogP contribution in [0.4, 0.5) is 66.7 Å². The Morgan fingerprint density at radius 3 is 1.19 bits per heavy atom. The second kappa shape index (κ2) is 13.1. The van der Waals surface area contributed by atoms with E-state index < -0.39 is 76.5 Å². The van der Waals surface area contributed by atoms with Crippen molar-refractivity contribution in [3.63, 3.8) is 0 Å². The molecule has 3 heterocycles.